The van der Waals surface area contributed by atoms with E-state index < -0.39 is 0 Å². The van der Waals surface area contributed by atoms with Crippen molar-refractivity contribution >= 4 is 52.8 Å². The van der Waals surface area contributed by atoms with Crippen LogP contribution in [0.15, 0.2) is 85.2 Å². The van der Waals surface area contributed by atoms with Gasteiger partial charge in [-0.3, -0.25) is 4.79 Å². The molecule has 1 aliphatic rings. The molecule has 44 heavy (non-hydrogen) atoms. The lowest BCUT2D eigenvalue weighted by Crippen LogP contribution is -2.45. The van der Waals surface area contributed by atoms with Crippen LogP contribution in [0, 0.1) is 5.41 Å². The number of pyridine rings is 1. The number of amides is 3. The Morgan fingerprint density at radius 1 is 1.05 bits per heavy atom. The van der Waals surface area contributed by atoms with Crippen molar-refractivity contribution in [2.75, 3.05) is 48.5 Å². The Morgan fingerprint density at radius 2 is 1.86 bits per heavy atom. The third-order valence-corrected chi connectivity index (χ3v) is 6.77. The van der Waals surface area contributed by atoms with E-state index in [-0.39, 0.29) is 17.9 Å². The normalized spacial score (nSPS) is 12.8. The standard InChI is InChI=1S/C32H34N10O2/c1-34-29-23(17-33)15-26(19-35-29)38-31-36-18-24-21-41(20-22-9-5-4-6-10-22)32(44)42(30(24)39-31)27-12-7-11-25(16-27)37-28(43)13-8-14-40(2)3/h4-13,15-19,33H,14,20-21H2,1-3H3,(H,34,35)(H,37,43)(H,36,38,39)/b13-8+,33-17?. The molecule has 5 rings (SSSR count). The molecule has 12 heteroatoms. The number of nitrogens with zero attached hydrogens (tertiary/aromatic N) is 6. The van der Waals surface area contributed by atoms with Gasteiger partial charge in [0.1, 0.15) is 5.82 Å². The number of anilines is 6. The topological polar surface area (TPSA) is 142 Å². The summed E-state index contributed by atoms with van der Waals surface area (Å²) in [4.78, 5) is 45.5. The van der Waals surface area contributed by atoms with E-state index in [4.69, 9.17) is 10.4 Å². The number of carbonyl (C=O) groups is 2. The van der Waals surface area contributed by atoms with Crippen LogP contribution in [0.25, 0.3) is 0 Å². The van der Waals surface area contributed by atoms with Gasteiger partial charge in [0.15, 0.2) is 5.82 Å². The zero-order valence-corrected chi connectivity index (χ0v) is 24.8. The second kappa shape index (κ2) is 13.6. The van der Waals surface area contributed by atoms with Crippen LogP contribution in [0.3, 0.4) is 0 Å². The van der Waals surface area contributed by atoms with Gasteiger partial charge in [-0.25, -0.2) is 19.7 Å². The molecule has 0 aliphatic carbocycles. The van der Waals surface area contributed by atoms with Crippen LogP contribution in [0.1, 0.15) is 16.7 Å². The molecule has 3 amide bonds. The summed E-state index contributed by atoms with van der Waals surface area (Å²) in [6, 6.07) is 18.4. The van der Waals surface area contributed by atoms with Crippen molar-refractivity contribution in [3.05, 3.63) is 102 Å². The van der Waals surface area contributed by atoms with Crippen LogP contribution < -0.4 is 20.9 Å². The van der Waals surface area contributed by atoms with E-state index in [0.717, 1.165) is 11.1 Å². The van der Waals surface area contributed by atoms with Crippen molar-refractivity contribution < 1.29 is 9.59 Å². The van der Waals surface area contributed by atoms with Crippen LogP contribution in [0.4, 0.5) is 39.4 Å². The van der Waals surface area contributed by atoms with Gasteiger partial charge in [0.05, 0.1) is 24.1 Å². The highest BCUT2D eigenvalue weighted by Crippen LogP contribution is 2.36. The van der Waals surface area contributed by atoms with Gasteiger partial charge in [-0.05, 0) is 43.9 Å². The Balaban J connectivity index is 1.48. The van der Waals surface area contributed by atoms with Crippen molar-refractivity contribution in [3.8, 4) is 0 Å². The summed E-state index contributed by atoms with van der Waals surface area (Å²) in [5.41, 5.74) is 4.02. The maximum Gasteiger partial charge on any atom is 0.330 e. The number of hydrogen-bond acceptors (Lipinski definition) is 9. The monoisotopic (exact) mass is 590 g/mol. The van der Waals surface area contributed by atoms with Gasteiger partial charge in [-0.1, -0.05) is 42.5 Å². The number of nitrogens with one attached hydrogen (secondary N) is 4. The minimum absolute atomic E-state index is 0.258. The predicted molar refractivity (Wildman–Crippen MR) is 173 cm³/mol. The highest BCUT2D eigenvalue weighted by Gasteiger charge is 2.33. The first-order chi connectivity index (χ1) is 21.3. The lowest BCUT2D eigenvalue weighted by molar-refractivity contribution is -0.111. The van der Waals surface area contributed by atoms with E-state index >= 15 is 0 Å². The minimum Gasteiger partial charge on any atom is -0.373 e. The number of fused-ring (bicyclic) bond motifs is 1. The number of urea groups is 1. The molecule has 0 bridgehead atoms. The first kappa shape index (κ1) is 29.9. The quantitative estimate of drug-likeness (QED) is 0.141. The number of rotatable bonds is 11. The first-order valence-corrected chi connectivity index (χ1v) is 14.0. The smallest absolute Gasteiger partial charge is 0.330 e. The van der Waals surface area contributed by atoms with Gasteiger partial charge in [-0.15, -0.1) is 0 Å². The van der Waals surface area contributed by atoms with E-state index in [0.29, 0.717) is 53.9 Å². The maximum atomic E-state index is 14.1. The number of aromatic nitrogens is 3. The fraction of sp³-hybridized carbons (Fsp3) is 0.188. The van der Waals surface area contributed by atoms with Crippen LogP contribution in [-0.2, 0) is 17.9 Å². The summed E-state index contributed by atoms with van der Waals surface area (Å²) in [5.74, 6) is 1.00. The van der Waals surface area contributed by atoms with Gasteiger partial charge in [0.2, 0.25) is 11.9 Å². The molecular formula is C32H34N10O2. The van der Waals surface area contributed by atoms with Crippen molar-refractivity contribution in [2.45, 2.75) is 13.1 Å². The molecule has 0 saturated carbocycles. The number of carbonyl (C=O) groups excluding carboxylic acids is 2. The summed E-state index contributed by atoms with van der Waals surface area (Å²) in [6.07, 6.45) is 7.80. The molecule has 0 saturated heterocycles. The Hall–Kier alpha value is -5.62. The van der Waals surface area contributed by atoms with E-state index in [9.17, 15) is 9.59 Å². The lowest BCUT2D eigenvalue weighted by Gasteiger charge is -2.36. The molecule has 0 fully saturated rings. The summed E-state index contributed by atoms with van der Waals surface area (Å²) in [7, 11) is 5.59. The molecule has 224 valence electrons. The van der Waals surface area contributed by atoms with Gasteiger partial charge in [0, 0.05) is 55.4 Å². The fourth-order valence-corrected chi connectivity index (χ4v) is 4.70. The third-order valence-electron chi connectivity index (χ3n) is 6.77. The van der Waals surface area contributed by atoms with Gasteiger partial charge in [0.25, 0.3) is 0 Å². The maximum absolute atomic E-state index is 14.1. The first-order valence-electron chi connectivity index (χ1n) is 14.0. The molecule has 2 aromatic carbocycles. The van der Waals surface area contributed by atoms with Crippen LogP contribution in [0.2, 0.25) is 0 Å². The predicted octanol–water partition coefficient (Wildman–Crippen LogP) is 4.98. The van der Waals surface area contributed by atoms with Gasteiger partial charge >= 0.3 is 6.03 Å². The molecule has 0 spiro atoms. The van der Waals surface area contributed by atoms with Crippen molar-refractivity contribution in [1.82, 2.24) is 24.8 Å². The van der Waals surface area contributed by atoms with Crippen LogP contribution in [0.5, 0.6) is 0 Å². The van der Waals surface area contributed by atoms with E-state index in [1.54, 1.807) is 60.7 Å². The van der Waals surface area contributed by atoms with Crippen LogP contribution in [-0.4, -0.2) is 70.6 Å². The number of benzene rings is 2. The van der Waals surface area contributed by atoms with Crippen LogP contribution >= 0.6 is 0 Å². The number of hydrogen-bond donors (Lipinski definition) is 4. The average molecular weight is 591 g/mol. The van der Waals surface area contributed by atoms with Crippen molar-refractivity contribution in [1.29, 1.82) is 5.41 Å². The Bertz CT molecular complexity index is 1690. The molecule has 1 aliphatic heterocycles. The van der Waals surface area contributed by atoms with E-state index in [2.05, 4.69) is 25.9 Å². The zero-order valence-electron chi connectivity index (χ0n) is 24.8. The molecule has 2 aromatic heterocycles. The molecular weight excluding hydrogens is 556 g/mol. The number of likely N-dealkylation sites (N-methyl/N-ethyl adjacent to an activating group) is 1. The molecule has 4 N–H and O–H groups in total. The summed E-state index contributed by atoms with van der Waals surface area (Å²) < 4.78 is 0. The van der Waals surface area contributed by atoms with Crippen molar-refractivity contribution in [3.63, 3.8) is 0 Å². The Labute approximate surface area is 256 Å². The third kappa shape index (κ3) is 7.05. The molecule has 0 unspecified atom stereocenters. The zero-order chi connectivity index (χ0) is 31.1. The molecule has 0 atom stereocenters. The van der Waals surface area contributed by atoms with E-state index in [1.165, 1.54) is 17.2 Å². The molecule has 3 heterocycles. The van der Waals surface area contributed by atoms with Gasteiger partial charge < -0.3 is 31.2 Å². The molecule has 12 nitrogen and oxygen atoms in total. The Kier molecular flexibility index (Phi) is 9.21. The second-order valence-corrected chi connectivity index (χ2v) is 10.4. The summed E-state index contributed by atoms with van der Waals surface area (Å²) in [5, 5.41) is 16.7. The SMILES string of the molecule is CNc1ncc(Nc2ncc3c(n2)N(c2cccc(NC(=O)/C=C/CN(C)C)c2)C(=O)N(Cc2ccccc2)C3)cc1C=N. The van der Waals surface area contributed by atoms with Crippen molar-refractivity contribution in [2.24, 2.45) is 0 Å². The average Bonchev–Trinajstić information content (AvgIpc) is 3.02. The fourth-order valence-electron chi connectivity index (χ4n) is 4.70. The van der Waals surface area contributed by atoms with Gasteiger partial charge in [-0.2, -0.15) is 4.98 Å². The Morgan fingerprint density at radius 3 is 2.61 bits per heavy atom. The largest absolute Gasteiger partial charge is 0.373 e. The highest BCUT2D eigenvalue weighted by molar-refractivity contribution is 6.03. The highest BCUT2D eigenvalue weighted by atomic mass is 16.2. The minimum atomic E-state index is -0.268. The lowest BCUT2D eigenvalue weighted by atomic mass is 10.1. The second-order valence-electron chi connectivity index (χ2n) is 10.4. The van der Waals surface area contributed by atoms with E-state index in [1.807, 2.05) is 49.3 Å². The molecule has 0 radical (unpaired) electrons. The summed E-state index contributed by atoms with van der Waals surface area (Å²) in [6.45, 7) is 1.36. The summed E-state index contributed by atoms with van der Waals surface area (Å²) >= 11 is 0. The molecule has 4 aromatic rings.